The summed E-state index contributed by atoms with van der Waals surface area (Å²) < 4.78 is 1.30. The number of benzene rings is 2. The second-order valence-corrected chi connectivity index (χ2v) is 7.60. The molecule has 0 saturated carbocycles. The van der Waals surface area contributed by atoms with Crippen molar-refractivity contribution in [1.82, 2.24) is 9.55 Å². The Balaban J connectivity index is 2.35. The van der Waals surface area contributed by atoms with Crippen LogP contribution in [-0.2, 0) is 6.54 Å². The third-order valence-corrected chi connectivity index (χ3v) is 5.78. The summed E-state index contributed by atoms with van der Waals surface area (Å²) in [5.74, 6) is 0. The molecule has 0 atom stereocenters. The number of aromatic amines is 1. The van der Waals surface area contributed by atoms with Crippen LogP contribution < -0.4 is 21.8 Å². The second-order valence-electron chi connectivity index (χ2n) is 6.03. The Morgan fingerprint density at radius 2 is 1.45 bits per heavy atom. The van der Waals surface area contributed by atoms with Gasteiger partial charge in [-0.15, -0.1) is 6.58 Å². The van der Waals surface area contributed by atoms with Gasteiger partial charge in [-0.3, -0.25) is 14.2 Å². The molecule has 1 aromatic heterocycles. The van der Waals surface area contributed by atoms with Gasteiger partial charge in [-0.1, -0.05) is 76.7 Å². The molecule has 0 spiro atoms. The number of rotatable bonds is 4. The molecule has 3 rings (SSSR count). The Bertz CT molecular complexity index is 1340. The van der Waals surface area contributed by atoms with E-state index in [1.807, 2.05) is 0 Å². The number of hydrogen-bond acceptors (Lipinski definition) is 2. The zero-order valence-corrected chi connectivity index (χ0v) is 17.9. The van der Waals surface area contributed by atoms with Crippen molar-refractivity contribution in [2.75, 3.05) is 0 Å². The van der Waals surface area contributed by atoms with Gasteiger partial charge in [-0.25, -0.2) is 0 Å². The molecule has 148 valence electrons. The van der Waals surface area contributed by atoms with Gasteiger partial charge in [0, 0.05) is 6.54 Å². The van der Waals surface area contributed by atoms with Crippen LogP contribution in [0.5, 0.6) is 0 Å². The quantitative estimate of drug-likeness (QED) is 0.589. The van der Waals surface area contributed by atoms with Crippen LogP contribution in [0.2, 0.25) is 20.1 Å². The van der Waals surface area contributed by atoms with Gasteiger partial charge in [0.25, 0.3) is 11.1 Å². The highest BCUT2D eigenvalue weighted by molar-refractivity contribution is 6.43. The third-order valence-electron chi connectivity index (χ3n) is 4.11. The van der Waals surface area contributed by atoms with Gasteiger partial charge in [0.2, 0.25) is 0 Å². The Hall–Kier alpha value is -2.24. The van der Waals surface area contributed by atoms with Crippen molar-refractivity contribution in [1.29, 1.82) is 0 Å². The van der Waals surface area contributed by atoms with E-state index >= 15 is 0 Å². The van der Waals surface area contributed by atoms with Gasteiger partial charge in [-0.2, -0.15) is 0 Å². The third kappa shape index (κ3) is 4.51. The molecule has 0 aliphatic carbocycles. The van der Waals surface area contributed by atoms with Gasteiger partial charge in [0.1, 0.15) is 10.7 Å². The van der Waals surface area contributed by atoms with Crippen LogP contribution >= 0.6 is 46.4 Å². The summed E-state index contributed by atoms with van der Waals surface area (Å²) in [6, 6.07) is 10.1. The fourth-order valence-electron chi connectivity index (χ4n) is 2.74. The molecule has 4 nitrogen and oxygen atoms in total. The minimum absolute atomic E-state index is 0.0651. The molecule has 2 aromatic carbocycles. The molecule has 0 aliphatic rings. The topological polar surface area (TPSA) is 54.9 Å². The fourth-order valence-corrected chi connectivity index (χ4v) is 3.46. The van der Waals surface area contributed by atoms with Crippen molar-refractivity contribution in [3.63, 3.8) is 0 Å². The van der Waals surface area contributed by atoms with E-state index in [4.69, 9.17) is 46.4 Å². The van der Waals surface area contributed by atoms with Crippen LogP contribution in [0.25, 0.3) is 12.2 Å². The maximum Gasteiger partial charge on any atom is 0.275 e. The minimum atomic E-state index is -0.480. The summed E-state index contributed by atoms with van der Waals surface area (Å²) in [7, 11) is 0. The average Bonchev–Trinajstić information content (AvgIpc) is 2.69. The monoisotopic (exact) mass is 466 g/mol. The predicted molar refractivity (Wildman–Crippen MR) is 121 cm³/mol. The molecule has 0 fully saturated rings. The van der Waals surface area contributed by atoms with Crippen molar-refractivity contribution in [2.45, 2.75) is 6.54 Å². The van der Waals surface area contributed by atoms with E-state index in [2.05, 4.69) is 11.6 Å². The molecular weight excluding hydrogens is 454 g/mol. The summed E-state index contributed by atoms with van der Waals surface area (Å²) in [6.07, 6.45) is 4.51. The molecule has 0 saturated heterocycles. The molecule has 29 heavy (non-hydrogen) atoms. The van der Waals surface area contributed by atoms with Crippen molar-refractivity contribution >= 4 is 58.6 Å². The Morgan fingerprint density at radius 1 is 0.897 bits per heavy atom. The average molecular weight is 468 g/mol. The molecule has 1 heterocycles. The lowest BCUT2D eigenvalue weighted by Gasteiger charge is -2.06. The maximum atomic E-state index is 13.0. The molecule has 8 heteroatoms. The van der Waals surface area contributed by atoms with Gasteiger partial charge in [0.15, 0.2) is 0 Å². The van der Waals surface area contributed by atoms with Gasteiger partial charge in [-0.05, 0) is 35.4 Å². The minimum Gasteiger partial charge on any atom is -0.316 e. The van der Waals surface area contributed by atoms with Crippen LogP contribution in [-0.4, -0.2) is 9.55 Å². The van der Waals surface area contributed by atoms with E-state index < -0.39 is 11.1 Å². The van der Waals surface area contributed by atoms with E-state index in [1.54, 1.807) is 36.4 Å². The highest BCUT2D eigenvalue weighted by Gasteiger charge is 2.08. The molecule has 0 unspecified atom stereocenters. The Morgan fingerprint density at radius 3 is 2.00 bits per heavy atom. The van der Waals surface area contributed by atoms with Crippen molar-refractivity contribution in [3.8, 4) is 0 Å². The van der Waals surface area contributed by atoms with E-state index in [-0.39, 0.29) is 27.3 Å². The van der Waals surface area contributed by atoms with Crippen LogP contribution in [0.15, 0.2) is 58.6 Å². The molecule has 3 aromatic rings. The largest absolute Gasteiger partial charge is 0.316 e. The van der Waals surface area contributed by atoms with Crippen molar-refractivity contribution in [2.24, 2.45) is 0 Å². The lowest BCUT2D eigenvalue weighted by atomic mass is 10.2. The Labute approximate surface area is 185 Å². The van der Waals surface area contributed by atoms with Crippen molar-refractivity contribution in [3.05, 3.63) is 112 Å². The van der Waals surface area contributed by atoms with Gasteiger partial charge < -0.3 is 4.98 Å². The molecule has 0 radical (unpaired) electrons. The zero-order chi connectivity index (χ0) is 21.1. The van der Waals surface area contributed by atoms with Crippen LogP contribution in [0.3, 0.4) is 0 Å². The number of hydrogen-bond donors (Lipinski definition) is 1. The lowest BCUT2D eigenvalue weighted by Crippen LogP contribution is -2.53. The molecule has 0 amide bonds. The predicted octanol–water partition coefficient (Wildman–Crippen LogP) is 3.99. The summed E-state index contributed by atoms with van der Waals surface area (Å²) in [5, 5.41) is 1.44. The number of nitrogens with one attached hydrogen (secondary N) is 1. The number of allylic oxidation sites excluding steroid dienone is 1. The molecule has 0 bridgehead atoms. The molecule has 1 N–H and O–H groups in total. The van der Waals surface area contributed by atoms with Crippen LogP contribution in [0, 0.1) is 0 Å². The highest BCUT2D eigenvalue weighted by Crippen LogP contribution is 2.26. The van der Waals surface area contributed by atoms with E-state index in [1.165, 1.54) is 22.8 Å². The van der Waals surface area contributed by atoms with E-state index in [0.717, 1.165) is 0 Å². The summed E-state index contributed by atoms with van der Waals surface area (Å²) in [5.41, 5.74) is 0.111. The molecular formula is C21H14Cl4N2O2. The molecule has 0 aliphatic heterocycles. The first-order valence-corrected chi connectivity index (χ1v) is 9.90. The first-order valence-electron chi connectivity index (χ1n) is 8.39. The van der Waals surface area contributed by atoms with Gasteiger partial charge >= 0.3 is 0 Å². The SMILES string of the molecule is C=CCn1c(=O)/c(=C/c2cccc(Cl)c2Cl)[nH]c(=O)/c1=C/c1cccc(Cl)c1Cl. The number of halogens is 4. The number of H-pyrrole nitrogens is 1. The standard InChI is InChI=1S/C21H14Cl4N2O2/c1-2-9-27-17(11-13-6-4-8-15(23)19(13)25)20(28)26-16(21(27)29)10-12-5-3-7-14(22)18(12)24/h2-8,10-11H,1,9H2,(H,26,28)/b16-10-,17-11-. The van der Waals surface area contributed by atoms with E-state index in [0.29, 0.717) is 21.2 Å². The summed E-state index contributed by atoms with van der Waals surface area (Å²) >= 11 is 24.5. The maximum absolute atomic E-state index is 13.0. The van der Waals surface area contributed by atoms with Gasteiger partial charge in [0.05, 0.1) is 20.1 Å². The number of aromatic nitrogens is 2. The number of nitrogens with zero attached hydrogens (tertiary/aromatic N) is 1. The van der Waals surface area contributed by atoms with Crippen LogP contribution in [0.1, 0.15) is 11.1 Å². The lowest BCUT2D eigenvalue weighted by molar-refractivity contribution is 0.717. The first-order chi connectivity index (χ1) is 13.8. The summed E-state index contributed by atoms with van der Waals surface area (Å²) in [4.78, 5) is 28.4. The summed E-state index contributed by atoms with van der Waals surface area (Å²) in [6.45, 7) is 3.79. The normalized spacial score (nSPS) is 12.4. The van der Waals surface area contributed by atoms with Crippen LogP contribution in [0.4, 0.5) is 0 Å². The highest BCUT2D eigenvalue weighted by atomic mass is 35.5. The smallest absolute Gasteiger partial charge is 0.275 e. The zero-order valence-electron chi connectivity index (χ0n) is 14.9. The first kappa shape index (κ1) is 21.5. The fraction of sp³-hybridized carbons (Fsp3) is 0.0476. The van der Waals surface area contributed by atoms with E-state index in [9.17, 15) is 9.59 Å². The van der Waals surface area contributed by atoms with Crippen molar-refractivity contribution < 1.29 is 0 Å². The second kappa shape index (κ2) is 9.06. The Kier molecular flexibility index (Phi) is 6.70.